The third kappa shape index (κ3) is 3.09. The predicted molar refractivity (Wildman–Crippen MR) is 79.3 cm³/mol. The van der Waals surface area contributed by atoms with Crippen molar-refractivity contribution in [3.63, 3.8) is 0 Å². The molecule has 0 saturated heterocycles. The van der Waals surface area contributed by atoms with Gasteiger partial charge >= 0.3 is 11.9 Å². The zero-order valence-electron chi connectivity index (χ0n) is 13.1. The number of benzene rings is 1. The zero-order valence-corrected chi connectivity index (χ0v) is 13.1. The number of hydrogen-bond donors (Lipinski definition) is 0. The van der Waals surface area contributed by atoms with Crippen LogP contribution in [0.2, 0.25) is 0 Å². The minimum atomic E-state index is -0.842. The van der Waals surface area contributed by atoms with Crippen molar-refractivity contribution in [2.75, 3.05) is 6.61 Å². The fraction of sp³-hybridized carbons (Fsp3) is 0.529. The molecule has 1 aromatic carbocycles. The number of ether oxygens (including phenoxy) is 2. The lowest BCUT2D eigenvalue weighted by Crippen LogP contribution is -2.35. The average Bonchev–Trinajstić information content (AvgIpc) is 2.45. The zero-order chi connectivity index (χ0) is 15.6. The van der Waals surface area contributed by atoms with Crippen molar-refractivity contribution < 1.29 is 19.1 Å². The van der Waals surface area contributed by atoms with Crippen molar-refractivity contribution in [2.45, 2.75) is 46.5 Å². The van der Waals surface area contributed by atoms with E-state index < -0.39 is 17.9 Å². The van der Waals surface area contributed by atoms with Crippen LogP contribution in [0.5, 0.6) is 5.75 Å². The molecule has 0 radical (unpaired) electrons. The van der Waals surface area contributed by atoms with E-state index in [1.54, 1.807) is 6.92 Å². The Balaban J connectivity index is 2.33. The van der Waals surface area contributed by atoms with Crippen LogP contribution in [0.15, 0.2) is 12.1 Å². The molecule has 0 bridgehead atoms. The van der Waals surface area contributed by atoms with Gasteiger partial charge in [0.2, 0.25) is 0 Å². The Morgan fingerprint density at radius 1 is 1.43 bits per heavy atom. The summed E-state index contributed by atoms with van der Waals surface area (Å²) in [5.41, 5.74) is 3.15. The van der Waals surface area contributed by atoms with Gasteiger partial charge in [0, 0.05) is 6.42 Å². The highest BCUT2D eigenvalue weighted by molar-refractivity contribution is 5.97. The molecular formula is C17H22O4. The summed E-state index contributed by atoms with van der Waals surface area (Å²) in [4.78, 5) is 23.8. The first-order valence-electron chi connectivity index (χ1n) is 7.49. The van der Waals surface area contributed by atoms with Gasteiger partial charge in [0.15, 0.2) is 5.92 Å². The summed E-state index contributed by atoms with van der Waals surface area (Å²) in [6, 6.07) is 4.05. The molecule has 1 aromatic rings. The van der Waals surface area contributed by atoms with Gasteiger partial charge in [-0.05, 0) is 48.9 Å². The Morgan fingerprint density at radius 3 is 2.76 bits per heavy atom. The van der Waals surface area contributed by atoms with E-state index in [9.17, 15) is 9.59 Å². The minimum absolute atomic E-state index is 0.265. The molecule has 0 aliphatic carbocycles. The number of rotatable bonds is 4. The summed E-state index contributed by atoms with van der Waals surface area (Å²) in [6.07, 6.45) is 1.39. The van der Waals surface area contributed by atoms with Crippen LogP contribution in [0.25, 0.3) is 0 Å². The highest BCUT2D eigenvalue weighted by Gasteiger charge is 2.36. The average molecular weight is 290 g/mol. The standard InChI is InChI=1S/C17H22O4/c1-5-10(3)12-7-11(4)13-9-14(16(18)20-6-2)17(19)21-15(13)8-12/h7-8,10,14H,5-6,9H2,1-4H3. The maximum atomic E-state index is 12.0. The van der Waals surface area contributed by atoms with Gasteiger partial charge in [-0.3, -0.25) is 9.59 Å². The van der Waals surface area contributed by atoms with Gasteiger partial charge in [0.1, 0.15) is 5.75 Å². The van der Waals surface area contributed by atoms with Gasteiger partial charge in [-0.1, -0.05) is 19.9 Å². The normalized spacial score (nSPS) is 18.7. The van der Waals surface area contributed by atoms with E-state index in [2.05, 4.69) is 19.9 Å². The van der Waals surface area contributed by atoms with Gasteiger partial charge < -0.3 is 9.47 Å². The molecule has 1 heterocycles. The molecule has 1 aliphatic heterocycles. The third-order valence-corrected chi connectivity index (χ3v) is 4.11. The summed E-state index contributed by atoms with van der Waals surface area (Å²) in [7, 11) is 0. The molecular weight excluding hydrogens is 268 g/mol. The fourth-order valence-corrected chi connectivity index (χ4v) is 2.57. The smallest absolute Gasteiger partial charge is 0.326 e. The topological polar surface area (TPSA) is 52.6 Å². The Morgan fingerprint density at radius 2 is 2.14 bits per heavy atom. The summed E-state index contributed by atoms with van der Waals surface area (Å²) in [5.74, 6) is -0.850. The molecule has 0 spiro atoms. The van der Waals surface area contributed by atoms with Crippen molar-refractivity contribution >= 4 is 11.9 Å². The van der Waals surface area contributed by atoms with Crippen molar-refractivity contribution in [1.29, 1.82) is 0 Å². The lowest BCUT2D eigenvalue weighted by molar-refractivity contribution is -0.157. The second kappa shape index (κ2) is 6.29. The van der Waals surface area contributed by atoms with E-state index in [-0.39, 0.29) is 6.61 Å². The molecule has 0 saturated carbocycles. The maximum absolute atomic E-state index is 12.0. The van der Waals surface area contributed by atoms with Crippen LogP contribution in [-0.2, 0) is 20.7 Å². The molecule has 0 amide bonds. The number of carbonyl (C=O) groups excluding carboxylic acids is 2. The molecule has 0 aromatic heterocycles. The quantitative estimate of drug-likeness (QED) is 0.485. The predicted octanol–water partition coefficient (Wildman–Crippen LogP) is 3.15. The first-order valence-corrected chi connectivity index (χ1v) is 7.49. The van der Waals surface area contributed by atoms with Gasteiger partial charge in [-0.15, -0.1) is 0 Å². The van der Waals surface area contributed by atoms with E-state index in [0.29, 0.717) is 18.1 Å². The first-order chi connectivity index (χ1) is 9.97. The second-order valence-electron chi connectivity index (χ2n) is 5.55. The van der Waals surface area contributed by atoms with Gasteiger partial charge in [0.05, 0.1) is 6.61 Å². The lowest BCUT2D eigenvalue weighted by Gasteiger charge is -2.25. The number of carbonyl (C=O) groups is 2. The van der Waals surface area contributed by atoms with Crippen molar-refractivity contribution in [1.82, 2.24) is 0 Å². The van der Waals surface area contributed by atoms with Crippen LogP contribution in [0.4, 0.5) is 0 Å². The maximum Gasteiger partial charge on any atom is 0.326 e. The van der Waals surface area contributed by atoms with Crippen LogP contribution >= 0.6 is 0 Å². The molecule has 21 heavy (non-hydrogen) atoms. The Kier molecular flexibility index (Phi) is 4.66. The summed E-state index contributed by atoms with van der Waals surface area (Å²) < 4.78 is 10.3. The van der Waals surface area contributed by atoms with Gasteiger partial charge in [0.25, 0.3) is 0 Å². The van der Waals surface area contributed by atoms with Crippen LogP contribution in [-0.4, -0.2) is 18.5 Å². The Hall–Kier alpha value is -1.84. The highest BCUT2D eigenvalue weighted by atomic mass is 16.6. The number of hydrogen-bond acceptors (Lipinski definition) is 4. The van der Waals surface area contributed by atoms with Crippen molar-refractivity contribution in [3.05, 3.63) is 28.8 Å². The van der Waals surface area contributed by atoms with Gasteiger partial charge in [-0.2, -0.15) is 0 Å². The van der Waals surface area contributed by atoms with E-state index in [1.807, 2.05) is 13.0 Å². The Bertz CT molecular complexity index is 562. The van der Waals surface area contributed by atoms with E-state index >= 15 is 0 Å². The monoisotopic (exact) mass is 290 g/mol. The van der Waals surface area contributed by atoms with Crippen molar-refractivity contribution in [2.24, 2.45) is 5.92 Å². The summed E-state index contributed by atoms with van der Waals surface area (Å²) >= 11 is 0. The largest absolute Gasteiger partial charge is 0.465 e. The number of fused-ring (bicyclic) bond motifs is 1. The van der Waals surface area contributed by atoms with Crippen LogP contribution in [0, 0.1) is 12.8 Å². The molecule has 2 rings (SSSR count). The SMILES string of the molecule is CCOC(=O)C1Cc2c(C)cc(C(C)CC)cc2OC1=O. The molecule has 4 heteroatoms. The molecule has 1 aliphatic rings. The summed E-state index contributed by atoms with van der Waals surface area (Å²) in [6.45, 7) is 8.26. The molecule has 4 nitrogen and oxygen atoms in total. The Labute approximate surface area is 125 Å². The molecule has 114 valence electrons. The lowest BCUT2D eigenvalue weighted by atomic mass is 9.88. The molecule has 0 N–H and O–H groups in total. The molecule has 2 atom stereocenters. The second-order valence-corrected chi connectivity index (χ2v) is 5.55. The fourth-order valence-electron chi connectivity index (χ4n) is 2.57. The van der Waals surface area contributed by atoms with E-state index in [1.165, 1.54) is 0 Å². The minimum Gasteiger partial charge on any atom is -0.465 e. The molecule has 0 fully saturated rings. The van der Waals surface area contributed by atoms with Crippen LogP contribution < -0.4 is 4.74 Å². The van der Waals surface area contributed by atoms with Crippen molar-refractivity contribution in [3.8, 4) is 5.75 Å². The van der Waals surface area contributed by atoms with E-state index in [0.717, 1.165) is 23.1 Å². The first kappa shape index (κ1) is 15.5. The number of aryl methyl sites for hydroxylation is 1. The van der Waals surface area contributed by atoms with Crippen LogP contribution in [0.3, 0.4) is 0 Å². The summed E-state index contributed by atoms with van der Waals surface area (Å²) in [5, 5.41) is 0. The third-order valence-electron chi connectivity index (χ3n) is 4.11. The van der Waals surface area contributed by atoms with Crippen LogP contribution in [0.1, 0.15) is 49.8 Å². The number of esters is 2. The van der Waals surface area contributed by atoms with Gasteiger partial charge in [-0.25, -0.2) is 0 Å². The van der Waals surface area contributed by atoms with E-state index in [4.69, 9.17) is 9.47 Å². The highest BCUT2D eigenvalue weighted by Crippen LogP contribution is 2.35. The molecule has 2 unspecified atom stereocenters.